The zero-order valence-electron chi connectivity index (χ0n) is 15.2. The van der Waals surface area contributed by atoms with Crippen LogP contribution in [0.1, 0.15) is 59.3 Å². The van der Waals surface area contributed by atoms with Gasteiger partial charge in [-0.2, -0.15) is 0 Å². The molecule has 0 radical (unpaired) electrons. The summed E-state index contributed by atoms with van der Waals surface area (Å²) in [5, 5.41) is 28.3. The Hall–Kier alpha value is -1.13. The largest absolute Gasteiger partial charge is 0.481 e. The van der Waals surface area contributed by atoms with E-state index in [1.807, 2.05) is 6.92 Å². The molecule has 24 heavy (non-hydrogen) atoms. The number of carboxylic acid groups (broad SMARTS) is 1. The molecule has 0 aromatic carbocycles. The van der Waals surface area contributed by atoms with E-state index < -0.39 is 11.4 Å². The molecule has 0 heterocycles. The topological polar surface area (TPSA) is 77.8 Å². The monoisotopic (exact) mass is 336 g/mol. The first-order valence-corrected chi connectivity index (χ1v) is 9.09. The van der Waals surface area contributed by atoms with Crippen LogP contribution in [0.25, 0.3) is 0 Å². The summed E-state index contributed by atoms with van der Waals surface area (Å²) < 4.78 is 0. The molecule has 0 aromatic heterocycles. The third kappa shape index (κ3) is 3.31. The molecule has 0 amide bonds. The van der Waals surface area contributed by atoms with Crippen LogP contribution < -0.4 is 0 Å². The second kappa shape index (κ2) is 7.40. The molecule has 2 aliphatic rings. The van der Waals surface area contributed by atoms with Gasteiger partial charge >= 0.3 is 5.97 Å². The molecule has 0 aliphatic heterocycles. The Bertz CT molecular complexity index is 536. The van der Waals surface area contributed by atoms with Crippen LogP contribution in [0, 0.1) is 22.7 Å². The van der Waals surface area contributed by atoms with E-state index in [2.05, 4.69) is 19.9 Å². The van der Waals surface area contributed by atoms with E-state index in [9.17, 15) is 15.0 Å². The summed E-state index contributed by atoms with van der Waals surface area (Å²) in [4.78, 5) is 12.0. The van der Waals surface area contributed by atoms with Crippen molar-refractivity contribution in [2.45, 2.75) is 59.3 Å². The summed E-state index contributed by atoms with van der Waals surface area (Å²) >= 11 is 0. The fourth-order valence-electron chi connectivity index (χ4n) is 5.34. The van der Waals surface area contributed by atoms with Crippen LogP contribution in [-0.2, 0) is 4.79 Å². The minimum absolute atomic E-state index is 0.00992. The van der Waals surface area contributed by atoms with Gasteiger partial charge in [0.1, 0.15) is 0 Å². The normalized spacial score (nSPS) is 36.9. The fraction of sp³-hybridized carbons (Fsp3) is 0.750. The Balaban J connectivity index is 2.28. The summed E-state index contributed by atoms with van der Waals surface area (Å²) in [6.07, 6.45) is 9.20. The second-order valence-electron chi connectivity index (χ2n) is 8.11. The van der Waals surface area contributed by atoms with Gasteiger partial charge in [-0.15, -0.1) is 0 Å². The van der Waals surface area contributed by atoms with E-state index in [4.69, 9.17) is 5.11 Å². The molecule has 3 N–H and O–H groups in total. The van der Waals surface area contributed by atoms with Gasteiger partial charge in [0.25, 0.3) is 0 Å². The van der Waals surface area contributed by atoms with E-state index >= 15 is 0 Å². The first-order chi connectivity index (χ1) is 11.3. The molecule has 0 aromatic rings. The smallest absolute Gasteiger partial charge is 0.309 e. The Morgan fingerprint density at radius 3 is 2.62 bits per heavy atom. The number of fused-ring (bicyclic) bond motifs is 1. The molecule has 0 unspecified atom stereocenters. The maximum absolute atomic E-state index is 12.0. The molecular formula is C20H32O4. The predicted octanol–water partition coefficient (Wildman–Crippen LogP) is 3.54. The number of aliphatic carboxylic acids is 1. The van der Waals surface area contributed by atoms with Gasteiger partial charge < -0.3 is 15.3 Å². The molecule has 0 bridgehead atoms. The number of carbonyl (C=O) groups is 1. The van der Waals surface area contributed by atoms with Crippen LogP contribution >= 0.6 is 0 Å². The van der Waals surface area contributed by atoms with Crippen LogP contribution in [0.3, 0.4) is 0 Å². The Kier molecular flexibility index (Phi) is 5.92. The van der Waals surface area contributed by atoms with Crippen molar-refractivity contribution in [2.75, 3.05) is 13.2 Å². The van der Waals surface area contributed by atoms with Crippen molar-refractivity contribution in [3.05, 3.63) is 23.3 Å². The highest BCUT2D eigenvalue weighted by Gasteiger charge is 2.56. The van der Waals surface area contributed by atoms with Gasteiger partial charge in [-0.1, -0.05) is 31.1 Å². The first kappa shape index (κ1) is 19.2. The summed E-state index contributed by atoms with van der Waals surface area (Å²) in [7, 11) is 0. The quantitative estimate of drug-likeness (QED) is 0.648. The zero-order valence-corrected chi connectivity index (χ0v) is 15.2. The fourth-order valence-corrected chi connectivity index (χ4v) is 5.34. The van der Waals surface area contributed by atoms with Crippen molar-refractivity contribution >= 4 is 5.97 Å². The maximum Gasteiger partial charge on any atom is 0.309 e. The Morgan fingerprint density at radius 2 is 2.04 bits per heavy atom. The molecule has 4 nitrogen and oxygen atoms in total. The lowest BCUT2D eigenvalue weighted by Gasteiger charge is -2.56. The molecule has 1 fully saturated rings. The number of carboxylic acids is 1. The van der Waals surface area contributed by atoms with E-state index in [0.29, 0.717) is 5.92 Å². The lowest BCUT2D eigenvalue weighted by molar-refractivity contribution is -0.162. The molecule has 4 heteroatoms. The highest BCUT2D eigenvalue weighted by Crippen LogP contribution is 2.60. The zero-order chi connectivity index (χ0) is 18.0. The second-order valence-corrected chi connectivity index (χ2v) is 8.11. The molecule has 136 valence electrons. The van der Waals surface area contributed by atoms with Gasteiger partial charge in [-0.25, -0.2) is 0 Å². The van der Waals surface area contributed by atoms with Crippen molar-refractivity contribution in [3.8, 4) is 0 Å². The van der Waals surface area contributed by atoms with Crippen molar-refractivity contribution in [1.82, 2.24) is 0 Å². The Morgan fingerprint density at radius 1 is 1.33 bits per heavy atom. The minimum Gasteiger partial charge on any atom is -0.481 e. The molecule has 0 saturated heterocycles. The highest BCUT2D eigenvalue weighted by atomic mass is 16.4. The van der Waals surface area contributed by atoms with Crippen LogP contribution in [0.4, 0.5) is 0 Å². The molecule has 2 aliphatic carbocycles. The average molecular weight is 336 g/mol. The highest BCUT2D eigenvalue weighted by molar-refractivity contribution is 5.75. The van der Waals surface area contributed by atoms with Crippen LogP contribution in [0.2, 0.25) is 0 Å². The van der Waals surface area contributed by atoms with Crippen LogP contribution in [-0.4, -0.2) is 34.5 Å². The van der Waals surface area contributed by atoms with E-state index in [1.54, 1.807) is 6.08 Å². The van der Waals surface area contributed by atoms with Crippen molar-refractivity contribution in [2.24, 2.45) is 22.7 Å². The third-order valence-electron chi connectivity index (χ3n) is 6.82. The first-order valence-electron chi connectivity index (χ1n) is 9.09. The molecule has 4 atom stereocenters. The standard InChI is InChI=1S/C20H32O4/c1-14-5-8-17-19(2,10-4-11-20(17,3)18(23)24)16(14)7-6-15(13-22)9-12-21/h5,9,16-17,21-22H,4,6-8,10-13H2,1-3H3,(H,23,24)/t16-,17+,19+,20+/m0/s1. The molecule has 1 saturated carbocycles. The van der Waals surface area contributed by atoms with Crippen LogP contribution in [0.15, 0.2) is 23.3 Å². The summed E-state index contributed by atoms with van der Waals surface area (Å²) in [6.45, 7) is 6.28. The lowest BCUT2D eigenvalue weighted by atomic mass is 9.47. The van der Waals surface area contributed by atoms with Crippen molar-refractivity contribution < 1.29 is 20.1 Å². The molecule has 0 spiro atoms. The van der Waals surface area contributed by atoms with E-state index in [-0.39, 0.29) is 24.5 Å². The van der Waals surface area contributed by atoms with Gasteiger partial charge in [-0.3, -0.25) is 4.79 Å². The number of aliphatic hydroxyl groups excluding tert-OH is 2. The summed E-state index contributed by atoms with van der Waals surface area (Å²) in [5.74, 6) is -0.172. The van der Waals surface area contributed by atoms with Gasteiger partial charge in [0.2, 0.25) is 0 Å². The van der Waals surface area contributed by atoms with Gasteiger partial charge in [-0.05, 0) is 68.8 Å². The number of hydrogen-bond donors (Lipinski definition) is 3. The number of aliphatic hydroxyl groups is 2. The lowest BCUT2D eigenvalue weighted by Crippen LogP contribution is -2.52. The predicted molar refractivity (Wildman–Crippen MR) is 94.5 cm³/mol. The third-order valence-corrected chi connectivity index (χ3v) is 6.82. The molecular weight excluding hydrogens is 304 g/mol. The van der Waals surface area contributed by atoms with Gasteiger partial charge in [0, 0.05) is 0 Å². The van der Waals surface area contributed by atoms with E-state index in [1.165, 1.54) is 5.57 Å². The number of rotatable bonds is 6. The Labute approximate surface area is 145 Å². The van der Waals surface area contributed by atoms with Crippen molar-refractivity contribution in [1.29, 1.82) is 0 Å². The number of allylic oxidation sites excluding steroid dienone is 2. The van der Waals surface area contributed by atoms with Crippen LogP contribution in [0.5, 0.6) is 0 Å². The average Bonchev–Trinajstić information content (AvgIpc) is 2.52. The SMILES string of the molecule is CC1=CC[C@@H]2[C@](C)(CCC[C@@]2(C)C(=O)O)[C@H]1CCC(=CCO)CO. The minimum atomic E-state index is -0.665. The van der Waals surface area contributed by atoms with E-state index in [0.717, 1.165) is 44.1 Å². The maximum atomic E-state index is 12.0. The number of hydrogen-bond acceptors (Lipinski definition) is 3. The van der Waals surface area contributed by atoms with Gasteiger partial charge in [0.15, 0.2) is 0 Å². The molecule has 2 rings (SSSR count). The summed E-state index contributed by atoms with van der Waals surface area (Å²) in [5.41, 5.74) is 1.56. The van der Waals surface area contributed by atoms with Crippen molar-refractivity contribution in [3.63, 3.8) is 0 Å². The summed E-state index contributed by atoms with van der Waals surface area (Å²) in [6, 6.07) is 0. The van der Waals surface area contributed by atoms with Gasteiger partial charge in [0.05, 0.1) is 18.6 Å².